The van der Waals surface area contributed by atoms with Crippen LogP contribution in [0.1, 0.15) is 12.0 Å². The van der Waals surface area contributed by atoms with E-state index in [4.69, 9.17) is 13.9 Å². The van der Waals surface area contributed by atoms with Crippen LogP contribution >= 0.6 is 0 Å². The molecule has 0 spiro atoms. The maximum atomic E-state index is 10.9. The molecule has 1 atom stereocenters. The number of hydrogen-bond acceptors (Lipinski definition) is 9. The highest BCUT2D eigenvalue weighted by atomic mass is 16.6. The maximum absolute atomic E-state index is 10.9. The molecule has 0 bridgehead atoms. The number of benzene rings is 2. The summed E-state index contributed by atoms with van der Waals surface area (Å²) in [6.45, 7) is 0. The predicted molar refractivity (Wildman–Crippen MR) is 110 cm³/mol. The van der Waals surface area contributed by atoms with E-state index < -0.39 is 11.2 Å². The molecular formula is C21H15N5O5. The van der Waals surface area contributed by atoms with Crippen LogP contribution in [0.2, 0.25) is 0 Å². The van der Waals surface area contributed by atoms with Crippen LogP contribution in [-0.2, 0) is 0 Å². The zero-order valence-corrected chi connectivity index (χ0v) is 16.2. The molecule has 0 saturated heterocycles. The van der Waals surface area contributed by atoms with Crippen LogP contribution in [0.3, 0.4) is 0 Å². The van der Waals surface area contributed by atoms with Crippen molar-refractivity contribution in [2.24, 2.45) is 0 Å². The van der Waals surface area contributed by atoms with Gasteiger partial charge in [-0.25, -0.2) is 0 Å². The number of non-ortho nitro benzene ring substituents is 1. The first-order valence-corrected chi connectivity index (χ1v) is 9.28. The molecule has 0 radical (unpaired) electrons. The second-order valence-electron chi connectivity index (χ2n) is 6.65. The zero-order chi connectivity index (χ0) is 21.4. The fourth-order valence-electron chi connectivity index (χ4n) is 3.26. The van der Waals surface area contributed by atoms with Gasteiger partial charge in [-0.2, -0.15) is 4.98 Å². The number of ether oxygens (including phenoxy) is 2. The van der Waals surface area contributed by atoms with Crippen LogP contribution in [-0.4, -0.2) is 27.2 Å². The standard InChI is InChI=1S/C21H15N5O5/c1-29-21-23-20-18(24-25-21)14-4-2-3-5-15(14)22-19(31-20)17-11-10-16(30-17)12-6-8-13(9-7-12)26(27)28/h2-11,19,22H,1H3. The fourth-order valence-corrected chi connectivity index (χ4v) is 3.26. The Hall–Kier alpha value is -4.47. The van der Waals surface area contributed by atoms with E-state index in [1.807, 2.05) is 24.3 Å². The van der Waals surface area contributed by atoms with E-state index >= 15 is 0 Å². The highest BCUT2D eigenvalue weighted by Crippen LogP contribution is 2.40. The number of rotatable bonds is 4. The molecular weight excluding hydrogens is 402 g/mol. The minimum atomic E-state index is -0.699. The second-order valence-corrected chi connectivity index (χ2v) is 6.65. The Morgan fingerprint density at radius 1 is 1.06 bits per heavy atom. The number of furan rings is 1. The minimum absolute atomic E-state index is 0.0126. The third kappa shape index (κ3) is 3.39. The van der Waals surface area contributed by atoms with Gasteiger partial charge in [0.1, 0.15) is 5.76 Å². The van der Waals surface area contributed by atoms with Gasteiger partial charge in [0.2, 0.25) is 12.1 Å². The fraction of sp³-hybridized carbons (Fsp3) is 0.0952. The molecule has 2 aromatic heterocycles. The molecule has 0 saturated carbocycles. The van der Waals surface area contributed by atoms with Crippen molar-refractivity contribution in [3.05, 3.63) is 76.5 Å². The molecule has 1 unspecified atom stereocenters. The van der Waals surface area contributed by atoms with Crippen molar-refractivity contribution in [1.82, 2.24) is 15.2 Å². The molecule has 0 aliphatic carbocycles. The lowest BCUT2D eigenvalue weighted by molar-refractivity contribution is -0.384. The van der Waals surface area contributed by atoms with Crippen molar-refractivity contribution < 1.29 is 18.8 Å². The Balaban J connectivity index is 1.52. The van der Waals surface area contributed by atoms with E-state index in [2.05, 4.69) is 20.5 Å². The van der Waals surface area contributed by atoms with Gasteiger partial charge in [-0.1, -0.05) is 23.3 Å². The van der Waals surface area contributed by atoms with E-state index in [0.717, 1.165) is 11.3 Å². The van der Waals surface area contributed by atoms with Crippen LogP contribution in [0, 0.1) is 10.1 Å². The second kappa shape index (κ2) is 7.41. The van der Waals surface area contributed by atoms with Crippen molar-refractivity contribution in [2.75, 3.05) is 12.4 Å². The number of anilines is 1. The number of para-hydroxylation sites is 1. The van der Waals surface area contributed by atoms with E-state index in [1.165, 1.54) is 19.2 Å². The first-order chi connectivity index (χ1) is 15.1. The first-order valence-electron chi connectivity index (χ1n) is 9.28. The summed E-state index contributed by atoms with van der Waals surface area (Å²) in [6, 6.07) is 17.3. The molecule has 3 heterocycles. The largest absolute Gasteiger partial charge is 0.466 e. The molecule has 2 aromatic carbocycles. The molecule has 1 aliphatic heterocycles. The van der Waals surface area contributed by atoms with Gasteiger partial charge in [0.05, 0.1) is 12.0 Å². The summed E-state index contributed by atoms with van der Waals surface area (Å²) in [4.78, 5) is 14.7. The Bertz CT molecular complexity index is 1270. The van der Waals surface area contributed by atoms with E-state index in [0.29, 0.717) is 22.8 Å². The highest BCUT2D eigenvalue weighted by Gasteiger charge is 2.28. The molecule has 4 aromatic rings. The molecule has 31 heavy (non-hydrogen) atoms. The van der Waals surface area contributed by atoms with E-state index in [9.17, 15) is 10.1 Å². The van der Waals surface area contributed by atoms with Crippen molar-refractivity contribution >= 4 is 11.4 Å². The zero-order valence-electron chi connectivity index (χ0n) is 16.2. The number of fused-ring (bicyclic) bond motifs is 3. The SMILES string of the molecule is COc1nnc2c(n1)OC(c1ccc(-c3ccc([N+](=O)[O-])cc3)o1)Nc1ccccc1-2. The number of nitro groups is 1. The van der Waals surface area contributed by atoms with E-state index in [-0.39, 0.29) is 17.6 Å². The Kier molecular flexibility index (Phi) is 4.43. The van der Waals surface area contributed by atoms with Gasteiger partial charge >= 0.3 is 6.01 Å². The lowest BCUT2D eigenvalue weighted by Gasteiger charge is -2.16. The average Bonchev–Trinajstić information content (AvgIpc) is 3.23. The molecule has 154 valence electrons. The third-order valence-corrected chi connectivity index (χ3v) is 4.76. The molecule has 0 amide bonds. The number of hydrogen-bond donors (Lipinski definition) is 1. The summed E-state index contributed by atoms with van der Waals surface area (Å²) >= 11 is 0. The summed E-state index contributed by atoms with van der Waals surface area (Å²) < 4.78 is 17.2. The van der Waals surface area contributed by atoms with Gasteiger partial charge in [-0.3, -0.25) is 10.1 Å². The van der Waals surface area contributed by atoms with Gasteiger partial charge in [0.15, 0.2) is 11.5 Å². The van der Waals surface area contributed by atoms with Gasteiger partial charge in [-0.15, -0.1) is 5.10 Å². The van der Waals surface area contributed by atoms with Gasteiger partial charge < -0.3 is 19.2 Å². The molecule has 1 N–H and O–H groups in total. The van der Waals surface area contributed by atoms with Crippen molar-refractivity contribution in [3.63, 3.8) is 0 Å². The van der Waals surface area contributed by atoms with Crippen LogP contribution in [0.25, 0.3) is 22.6 Å². The predicted octanol–water partition coefficient (Wildman–Crippen LogP) is 4.22. The number of nitrogens with one attached hydrogen (secondary N) is 1. The Morgan fingerprint density at radius 3 is 2.65 bits per heavy atom. The lowest BCUT2D eigenvalue weighted by Crippen LogP contribution is -2.16. The van der Waals surface area contributed by atoms with E-state index in [1.54, 1.807) is 24.3 Å². The normalized spacial score (nSPS) is 14.4. The van der Waals surface area contributed by atoms with Crippen molar-refractivity contribution in [1.29, 1.82) is 0 Å². The van der Waals surface area contributed by atoms with Crippen molar-refractivity contribution in [2.45, 2.75) is 6.23 Å². The van der Waals surface area contributed by atoms with Gasteiger partial charge in [0.25, 0.3) is 5.69 Å². The monoisotopic (exact) mass is 417 g/mol. The summed E-state index contributed by atoms with van der Waals surface area (Å²) in [5, 5.41) is 22.3. The lowest BCUT2D eigenvalue weighted by atomic mass is 10.1. The Morgan fingerprint density at radius 2 is 1.87 bits per heavy atom. The third-order valence-electron chi connectivity index (χ3n) is 4.76. The Labute approximate surface area is 175 Å². The first kappa shape index (κ1) is 18.6. The highest BCUT2D eigenvalue weighted by molar-refractivity contribution is 5.79. The summed E-state index contributed by atoms with van der Waals surface area (Å²) in [6.07, 6.45) is -0.699. The molecule has 0 fully saturated rings. The van der Waals surface area contributed by atoms with Crippen LogP contribution < -0.4 is 14.8 Å². The van der Waals surface area contributed by atoms with Crippen LogP contribution in [0.5, 0.6) is 11.9 Å². The summed E-state index contributed by atoms with van der Waals surface area (Å²) in [7, 11) is 1.45. The smallest absolute Gasteiger partial charge is 0.338 e. The molecule has 10 heteroatoms. The van der Waals surface area contributed by atoms with Crippen molar-refractivity contribution in [3.8, 4) is 34.5 Å². The van der Waals surface area contributed by atoms with Crippen LogP contribution in [0.15, 0.2) is 65.1 Å². The summed E-state index contributed by atoms with van der Waals surface area (Å²) in [5.74, 6) is 1.29. The maximum Gasteiger partial charge on any atom is 0.338 e. The number of aromatic nitrogens is 3. The average molecular weight is 417 g/mol. The number of nitrogens with zero attached hydrogens (tertiary/aromatic N) is 4. The minimum Gasteiger partial charge on any atom is -0.466 e. The van der Waals surface area contributed by atoms with Crippen LogP contribution in [0.4, 0.5) is 11.4 Å². The van der Waals surface area contributed by atoms with Gasteiger partial charge in [-0.05, 0) is 30.3 Å². The number of nitro benzene ring substituents is 1. The quantitative estimate of drug-likeness (QED) is 0.384. The topological polar surface area (TPSA) is 125 Å². The molecule has 10 nitrogen and oxygen atoms in total. The van der Waals surface area contributed by atoms with Gasteiger partial charge in [0, 0.05) is 28.9 Å². The number of methoxy groups -OCH3 is 1. The molecule has 5 rings (SSSR count). The summed E-state index contributed by atoms with van der Waals surface area (Å²) in [5.41, 5.74) is 2.76. The molecule has 1 aliphatic rings.